The molecule has 1 aromatic carbocycles. The number of aryl methyl sites for hydroxylation is 1. The van der Waals surface area contributed by atoms with Crippen LogP contribution in [0.2, 0.25) is 0 Å². The summed E-state index contributed by atoms with van der Waals surface area (Å²) in [5.41, 5.74) is 5.92. The minimum atomic E-state index is -3.78. The molecule has 0 aliphatic rings. The van der Waals surface area contributed by atoms with Gasteiger partial charge in [0.25, 0.3) is 0 Å². The van der Waals surface area contributed by atoms with Gasteiger partial charge in [-0.25, -0.2) is 18.1 Å². The molecule has 0 saturated carbocycles. The van der Waals surface area contributed by atoms with Crippen LogP contribution >= 0.6 is 11.3 Å². The lowest BCUT2D eigenvalue weighted by atomic mass is 10.2. The first-order valence-corrected chi connectivity index (χ1v) is 8.49. The molecule has 0 fully saturated rings. The van der Waals surface area contributed by atoms with E-state index in [-0.39, 0.29) is 17.0 Å². The standard InChI is InChI=1S/C13H14N4O2S2/c1-2-11-7-16-13(20-11)8-17-21(18,19)12-4-3-10(15)5-9(12)6-14/h3-5,7,17H,2,8,15H2,1H3. The molecule has 0 atom stereocenters. The summed E-state index contributed by atoms with van der Waals surface area (Å²) in [6, 6.07) is 5.96. The van der Waals surface area contributed by atoms with E-state index in [2.05, 4.69) is 9.71 Å². The number of aromatic nitrogens is 1. The smallest absolute Gasteiger partial charge is 0.242 e. The van der Waals surface area contributed by atoms with Gasteiger partial charge in [-0.3, -0.25) is 0 Å². The fraction of sp³-hybridized carbons (Fsp3) is 0.231. The third kappa shape index (κ3) is 3.58. The van der Waals surface area contributed by atoms with Crippen LogP contribution in [0.3, 0.4) is 0 Å². The Balaban J connectivity index is 2.21. The van der Waals surface area contributed by atoms with E-state index in [1.54, 1.807) is 6.20 Å². The minimum Gasteiger partial charge on any atom is -0.399 e. The van der Waals surface area contributed by atoms with Gasteiger partial charge in [0.1, 0.15) is 11.1 Å². The lowest BCUT2D eigenvalue weighted by molar-refractivity contribution is 0.581. The van der Waals surface area contributed by atoms with Crippen LogP contribution in [0.25, 0.3) is 0 Å². The number of thiazole rings is 1. The van der Waals surface area contributed by atoms with Gasteiger partial charge in [-0.15, -0.1) is 11.3 Å². The number of hydrogen-bond donors (Lipinski definition) is 2. The first-order chi connectivity index (χ1) is 9.96. The molecule has 6 nitrogen and oxygen atoms in total. The molecular weight excluding hydrogens is 308 g/mol. The second-order valence-corrected chi connectivity index (χ2v) is 7.20. The zero-order valence-corrected chi connectivity index (χ0v) is 13.0. The van der Waals surface area contributed by atoms with Gasteiger partial charge in [-0.2, -0.15) is 5.26 Å². The van der Waals surface area contributed by atoms with Crippen molar-refractivity contribution in [2.24, 2.45) is 0 Å². The zero-order valence-electron chi connectivity index (χ0n) is 11.3. The normalized spacial score (nSPS) is 11.2. The fourth-order valence-corrected chi connectivity index (χ4v) is 3.71. The van der Waals surface area contributed by atoms with Crippen LogP contribution in [0.5, 0.6) is 0 Å². The summed E-state index contributed by atoms with van der Waals surface area (Å²) >= 11 is 1.46. The van der Waals surface area contributed by atoms with Crippen molar-refractivity contribution in [2.45, 2.75) is 24.8 Å². The third-order valence-corrected chi connectivity index (χ3v) is 5.38. The van der Waals surface area contributed by atoms with Gasteiger partial charge >= 0.3 is 0 Å². The second kappa shape index (κ2) is 6.22. The maximum Gasteiger partial charge on any atom is 0.242 e. The van der Waals surface area contributed by atoms with Crippen molar-refractivity contribution in [1.29, 1.82) is 5.26 Å². The maximum absolute atomic E-state index is 12.2. The summed E-state index contributed by atoms with van der Waals surface area (Å²) in [5, 5.41) is 9.70. The van der Waals surface area contributed by atoms with Gasteiger partial charge in [0.05, 0.1) is 17.0 Å². The molecule has 3 N–H and O–H groups in total. The van der Waals surface area contributed by atoms with Crippen molar-refractivity contribution in [1.82, 2.24) is 9.71 Å². The monoisotopic (exact) mass is 322 g/mol. The molecule has 0 unspecified atom stereocenters. The summed E-state index contributed by atoms with van der Waals surface area (Å²) in [6.45, 7) is 2.11. The average molecular weight is 322 g/mol. The van der Waals surface area contributed by atoms with Crippen molar-refractivity contribution in [3.05, 3.63) is 39.8 Å². The molecule has 110 valence electrons. The Hall–Kier alpha value is -1.95. The summed E-state index contributed by atoms with van der Waals surface area (Å²) in [5.74, 6) is 0. The Morgan fingerprint density at radius 2 is 2.24 bits per heavy atom. The van der Waals surface area contributed by atoms with Gasteiger partial charge in [0, 0.05) is 16.8 Å². The highest BCUT2D eigenvalue weighted by Gasteiger charge is 2.19. The van der Waals surface area contributed by atoms with Gasteiger partial charge < -0.3 is 5.73 Å². The number of benzene rings is 1. The molecule has 0 aliphatic heterocycles. The van der Waals surface area contributed by atoms with E-state index in [0.717, 1.165) is 11.3 Å². The predicted octanol–water partition coefficient (Wildman–Crippen LogP) is 1.64. The Bertz CT molecular complexity index is 791. The van der Waals surface area contributed by atoms with Crippen LogP contribution in [0, 0.1) is 11.3 Å². The Kier molecular flexibility index (Phi) is 4.57. The van der Waals surface area contributed by atoms with E-state index in [4.69, 9.17) is 11.0 Å². The number of nitrogen functional groups attached to an aromatic ring is 1. The largest absolute Gasteiger partial charge is 0.399 e. The molecule has 2 rings (SSSR count). The summed E-state index contributed by atoms with van der Waals surface area (Å²) in [4.78, 5) is 5.16. The summed E-state index contributed by atoms with van der Waals surface area (Å²) < 4.78 is 26.9. The molecule has 1 heterocycles. The number of anilines is 1. The van der Waals surface area contributed by atoms with Crippen LogP contribution in [0.15, 0.2) is 29.3 Å². The Labute approximate surface area is 127 Å². The van der Waals surface area contributed by atoms with Gasteiger partial charge in [0.2, 0.25) is 10.0 Å². The number of nitrogens with zero attached hydrogens (tertiary/aromatic N) is 2. The fourth-order valence-electron chi connectivity index (χ4n) is 1.70. The molecule has 0 aliphatic carbocycles. The SMILES string of the molecule is CCc1cnc(CNS(=O)(=O)c2ccc(N)cc2C#N)s1. The highest BCUT2D eigenvalue weighted by Crippen LogP contribution is 2.19. The number of hydrogen-bond acceptors (Lipinski definition) is 6. The average Bonchev–Trinajstić information content (AvgIpc) is 2.93. The molecule has 1 aromatic heterocycles. The highest BCUT2D eigenvalue weighted by molar-refractivity contribution is 7.89. The zero-order chi connectivity index (χ0) is 15.5. The molecule has 2 aromatic rings. The second-order valence-electron chi connectivity index (χ2n) is 4.27. The molecule has 0 saturated heterocycles. The molecular formula is C13H14N4O2S2. The number of nitriles is 1. The maximum atomic E-state index is 12.2. The van der Waals surface area contributed by atoms with Crippen molar-refractivity contribution < 1.29 is 8.42 Å². The van der Waals surface area contributed by atoms with Crippen LogP contribution in [-0.4, -0.2) is 13.4 Å². The lowest BCUT2D eigenvalue weighted by Crippen LogP contribution is -2.24. The van der Waals surface area contributed by atoms with Crippen molar-refractivity contribution in [2.75, 3.05) is 5.73 Å². The number of nitrogens with one attached hydrogen (secondary N) is 1. The third-order valence-electron chi connectivity index (χ3n) is 2.78. The van der Waals surface area contributed by atoms with E-state index in [1.807, 2.05) is 13.0 Å². The van der Waals surface area contributed by atoms with Crippen LogP contribution in [0.4, 0.5) is 5.69 Å². The van der Waals surface area contributed by atoms with E-state index in [1.165, 1.54) is 29.5 Å². The summed E-state index contributed by atoms with van der Waals surface area (Å²) in [6.07, 6.45) is 2.60. The first kappa shape index (κ1) is 15.4. The highest BCUT2D eigenvalue weighted by atomic mass is 32.2. The van der Waals surface area contributed by atoms with Crippen molar-refractivity contribution >= 4 is 27.0 Å². The van der Waals surface area contributed by atoms with Crippen molar-refractivity contribution in [3.63, 3.8) is 0 Å². The van der Waals surface area contributed by atoms with E-state index in [0.29, 0.717) is 10.7 Å². The molecule has 21 heavy (non-hydrogen) atoms. The quantitative estimate of drug-likeness (QED) is 0.813. The van der Waals surface area contributed by atoms with Crippen LogP contribution in [-0.2, 0) is 23.0 Å². The van der Waals surface area contributed by atoms with E-state index < -0.39 is 10.0 Å². The molecule has 0 bridgehead atoms. The predicted molar refractivity (Wildman–Crippen MR) is 81.1 cm³/mol. The van der Waals surface area contributed by atoms with Crippen molar-refractivity contribution in [3.8, 4) is 6.07 Å². The number of sulfonamides is 1. The van der Waals surface area contributed by atoms with Crippen LogP contribution in [0.1, 0.15) is 22.4 Å². The topological polar surface area (TPSA) is 109 Å². The molecule has 0 spiro atoms. The molecule has 0 radical (unpaired) electrons. The molecule has 0 amide bonds. The minimum absolute atomic E-state index is 0.0240. The van der Waals surface area contributed by atoms with Crippen LogP contribution < -0.4 is 10.5 Å². The molecule has 8 heteroatoms. The van der Waals surface area contributed by atoms with Gasteiger partial charge in [-0.1, -0.05) is 6.92 Å². The Morgan fingerprint density at radius 1 is 1.48 bits per heavy atom. The summed E-state index contributed by atoms with van der Waals surface area (Å²) in [7, 11) is -3.78. The van der Waals surface area contributed by atoms with Gasteiger partial charge in [0.15, 0.2) is 0 Å². The van der Waals surface area contributed by atoms with E-state index in [9.17, 15) is 8.42 Å². The number of nitrogens with two attached hydrogens (primary N) is 1. The lowest BCUT2D eigenvalue weighted by Gasteiger charge is -2.07. The Morgan fingerprint density at radius 3 is 2.86 bits per heavy atom. The number of rotatable bonds is 5. The van der Waals surface area contributed by atoms with Gasteiger partial charge in [-0.05, 0) is 24.6 Å². The van der Waals surface area contributed by atoms with E-state index >= 15 is 0 Å². The first-order valence-electron chi connectivity index (χ1n) is 6.19.